The molecule has 0 aliphatic carbocycles. The van der Waals surface area contributed by atoms with E-state index in [0.29, 0.717) is 34.5 Å². The van der Waals surface area contributed by atoms with Crippen molar-refractivity contribution in [2.45, 2.75) is 34.6 Å². The number of halogens is 1. The second kappa shape index (κ2) is 10.5. The molecule has 0 fully saturated rings. The molecular formula is C29H28ClNO3. The zero-order valence-corrected chi connectivity index (χ0v) is 20.9. The zero-order valence-electron chi connectivity index (χ0n) is 20.1. The minimum absolute atomic E-state index is 0.261. The molecule has 3 rings (SSSR count). The van der Waals surface area contributed by atoms with Gasteiger partial charge in [-0.1, -0.05) is 36.4 Å². The third kappa shape index (κ3) is 5.44. The number of nitrogens with zero attached hydrogens (tertiary/aromatic N) is 1. The van der Waals surface area contributed by atoms with E-state index >= 15 is 0 Å². The van der Waals surface area contributed by atoms with Crippen molar-refractivity contribution in [2.24, 2.45) is 0 Å². The summed E-state index contributed by atoms with van der Waals surface area (Å²) in [5, 5.41) is 19.6. The lowest BCUT2D eigenvalue weighted by Crippen LogP contribution is -2.01. The molecule has 0 unspecified atom stereocenters. The summed E-state index contributed by atoms with van der Waals surface area (Å²) in [6, 6.07) is 15.1. The van der Waals surface area contributed by atoms with Crippen molar-refractivity contribution in [1.29, 1.82) is 5.26 Å². The van der Waals surface area contributed by atoms with Crippen molar-refractivity contribution >= 4 is 11.6 Å². The highest BCUT2D eigenvalue weighted by Gasteiger charge is 2.16. The molecule has 174 valence electrons. The first kappa shape index (κ1) is 25.0. The minimum Gasteiger partial charge on any atom is -0.508 e. The number of rotatable bonds is 7. The topological polar surface area (TPSA) is 62.5 Å². The van der Waals surface area contributed by atoms with Gasteiger partial charge in [0.05, 0.1) is 11.1 Å². The Morgan fingerprint density at radius 2 is 1.76 bits per heavy atom. The van der Waals surface area contributed by atoms with Gasteiger partial charge in [0.15, 0.2) is 0 Å². The van der Waals surface area contributed by atoms with Gasteiger partial charge in [-0.25, -0.2) is 0 Å². The number of aryl methyl sites for hydroxylation is 2. The van der Waals surface area contributed by atoms with E-state index in [0.717, 1.165) is 39.0 Å². The van der Waals surface area contributed by atoms with E-state index in [-0.39, 0.29) is 5.75 Å². The summed E-state index contributed by atoms with van der Waals surface area (Å²) in [5.74, 6) is 2.05. The molecule has 0 spiro atoms. The Kier molecular flexibility index (Phi) is 7.71. The summed E-state index contributed by atoms with van der Waals surface area (Å²) < 4.78 is 12.2. The van der Waals surface area contributed by atoms with Crippen LogP contribution in [0.3, 0.4) is 0 Å². The molecule has 3 aromatic carbocycles. The fourth-order valence-electron chi connectivity index (χ4n) is 3.80. The number of phenols is 1. The molecule has 3 aromatic rings. The molecule has 4 nitrogen and oxygen atoms in total. The van der Waals surface area contributed by atoms with Gasteiger partial charge in [-0.05, 0) is 97.8 Å². The largest absolute Gasteiger partial charge is 0.508 e. The molecule has 1 N–H and O–H groups in total. The monoisotopic (exact) mass is 473 g/mol. The predicted molar refractivity (Wildman–Crippen MR) is 138 cm³/mol. The van der Waals surface area contributed by atoms with Crippen molar-refractivity contribution in [1.82, 2.24) is 0 Å². The third-order valence-corrected chi connectivity index (χ3v) is 5.96. The van der Waals surface area contributed by atoms with E-state index in [2.05, 4.69) is 6.58 Å². The highest BCUT2D eigenvalue weighted by atomic mass is 35.5. The summed E-state index contributed by atoms with van der Waals surface area (Å²) in [4.78, 5) is 0. The third-order valence-electron chi connectivity index (χ3n) is 5.67. The van der Waals surface area contributed by atoms with Gasteiger partial charge in [-0.2, -0.15) is 5.26 Å². The fourth-order valence-corrected chi connectivity index (χ4v) is 4.05. The van der Waals surface area contributed by atoms with E-state index in [4.69, 9.17) is 26.3 Å². The molecule has 0 heterocycles. The Morgan fingerprint density at radius 3 is 2.47 bits per heavy atom. The van der Waals surface area contributed by atoms with Gasteiger partial charge in [-0.15, -0.1) is 0 Å². The van der Waals surface area contributed by atoms with Crippen LogP contribution in [-0.2, 0) is 0 Å². The zero-order chi connectivity index (χ0) is 25.0. The maximum absolute atomic E-state index is 10.2. The van der Waals surface area contributed by atoms with E-state index in [9.17, 15) is 5.11 Å². The maximum Gasteiger partial charge on any atom is 0.149 e. The molecule has 0 aliphatic heterocycles. The molecular weight excluding hydrogens is 446 g/mol. The summed E-state index contributed by atoms with van der Waals surface area (Å²) in [6.45, 7) is 13.7. The van der Waals surface area contributed by atoms with Gasteiger partial charge >= 0.3 is 0 Å². The number of ether oxygens (including phenoxy) is 2. The lowest BCUT2D eigenvalue weighted by molar-refractivity contribution is 0.347. The van der Waals surface area contributed by atoms with Crippen molar-refractivity contribution in [2.75, 3.05) is 6.61 Å². The van der Waals surface area contributed by atoms with E-state index in [1.54, 1.807) is 18.2 Å². The van der Waals surface area contributed by atoms with Crippen LogP contribution in [0.15, 0.2) is 66.3 Å². The molecule has 0 bridgehead atoms. The molecule has 0 amide bonds. The standard InChI is InChI=1S/C29H28ClNO3/c1-17(15-31)12-18(2)16-33-27-14-28(24(30)13-20(27)4)34-26-9-7-8-23(21(26)5)29-19(3)10-11-25(32)22(29)6/h7-14,32H,1,16H2,2-6H3/b18-12+. The quantitative estimate of drug-likeness (QED) is 0.278. The molecule has 0 aromatic heterocycles. The van der Waals surface area contributed by atoms with Gasteiger partial charge in [0.2, 0.25) is 0 Å². The molecule has 0 radical (unpaired) electrons. The first-order chi connectivity index (χ1) is 16.1. The van der Waals surface area contributed by atoms with Crippen molar-refractivity contribution in [3.8, 4) is 40.2 Å². The predicted octanol–water partition coefficient (Wildman–Crippen LogP) is 8.14. The van der Waals surface area contributed by atoms with E-state index < -0.39 is 0 Å². The molecule has 0 aliphatic rings. The summed E-state index contributed by atoms with van der Waals surface area (Å²) in [5.41, 5.74) is 6.95. The van der Waals surface area contributed by atoms with Crippen LogP contribution in [0.2, 0.25) is 5.02 Å². The number of nitriles is 1. The lowest BCUT2D eigenvalue weighted by Gasteiger charge is -2.18. The van der Waals surface area contributed by atoms with Crippen LogP contribution in [0, 0.1) is 39.0 Å². The molecule has 34 heavy (non-hydrogen) atoms. The highest BCUT2D eigenvalue weighted by molar-refractivity contribution is 6.32. The number of hydrogen-bond acceptors (Lipinski definition) is 4. The van der Waals surface area contributed by atoms with Gasteiger partial charge in [0, 0.05) is 11.6 Å². The number of allylic oxidation sites excluding steroid dienone is 2. The Morgan fingerprint density at radius 1 is 1.03 bits per heavy atom. The summed E-state index contributed by atoms with van der Waals surface area (Å²) in [7, 11) is 0. The fraction of sp³-hybridized carbons (Fsp3) is 0.207. The smallest absolute Gasteiger partial charge is 0.149 e. The number of benzene rings is 3. The van der Waals surface area contributed by atoms with Crippen molar-refractivity contribution in [3.05, 3.63) is 93.5 Å². The second-order valence-corrected chi connectivity index (χ2v) is 8.80. The van der Waals surface area contributed by atoms with Gasteiger partial charge in [0.25, 0.3) is 0 Å². The Hall–Kier alpha value is -3.68. The first-order valence-corrected chi connectivity index (χ1v) is 11.3. The summed E-state index contributed by atoms with van der Waals surface area (Å²) in [6.07, 6.45) is 1.70. The van der Waals surface area contributed by atoms with Gasteiger partial charge < -0.3 is 14.6 Å². The van der Waals surface area contributed by atoms with Crippen LogP contribution >= 0.6 is 11.6 Å². The van der Waals surface area contributed by atoms with Crippen molar-refractivity contribution < 1.29 is 14.6 Å². The molecule has 0 saturated carbocycles. The lowest BCUT2D eigenvalue weighted by atomic mass is 9.92. The van der Waals surface area contributed by atoms with Crippen LogP contribution in [0.4, 0.5) is 0 Å². The Labute approximate surface area is 206 Å². The molecule has 5 heteroatoms. The summed E-state index contributed by atoms with van der Waals surface area (Å²) >= 11 is 6.51. The van der Waals surface area contributed by atoms with E-state index in [1.807, 2.05) is 71.0 Å². The number of hydrogen-bond donors (Lipinski definition) is 1. The number of phenolic OH excluding ortho intramolecular Hbond substituents is 1. The average Bonchev–Trinajstić information content (AvgIpc) is 2.79. The Balaban J connectivity index is 1.94. The van der Waals surface area contributed by atoms with E-state index in [1.165, 1.54) is 0 Å². The second-order valence-electron chi connectivity index (χ2n) is 8.40. The first-order valence-electron chi connectivity index (χ1n) is 10.9. The van der Waals surface area contributed by atoms with Crippen LogP contribution in [-0.4, -0.2) is 11.7 Å². The Bertz CT molecular complexity index is 1330. The maximum atomic E-state index is 10.2. The molecule has 0 atom stereocenters. The van der Waals surface area contributed by atoms with Crippen LogP contribution in [0.25, 0.3) is 11.1 Å². The average molecular weight is 474 g/mol. The SMILES string of the molecule is C=C(C#N)/C=C(\C)COc1cc(Oc2cccc(-c3c(C)ccc(O)c3C)c2C)c(Cl)cc1C. The van der Waals surface area contributed by atoms with Gasteiger partial charge in [0.1, 0.15) is 29.6 Å². The van der Waals surface area contributed by atoms with Crippen LogP contribution in [0.1, 0.15) is 29.2 Å². The molecule has 0 saturated heterocycles. The van der Waals surface area contributed by atoms with Gasteiger partial charge in [-0.3, -0.25) is 0 Å². The normalized spacial score (nSPS) is 11.1. The van der Waals surface area contributed by atoms with Crippen LogP contribution in [0.5, 0.6) is 23.0 Å². The highest BCUT2D eigenvalue weighted by Crippen LogP contribution is 2.41. The number of aromatic hydroxyl groups is 1. The van der Waals surface area contributed by atoms with Crippen molar-refractivity contribution in [3.63, 3.8) is 0 Å². The van der Waals surface area contributed by atoms with Crippen LogP contribution < -0.4 is 9.47 Å². The minimum atomic E-state index is 0.261.